The number of carboxylic acids is 1. The summed E-state index contributed by atoms with van der Waals surface area (Å²) in [6.07, 6.45) is 0. The SMILES string of the molecule is Cc1ccc2oc(C(C(N)=O)C(=O)O)nc2c1C. The van der Waals surface area contributed by atoms with Gasteiger partial charge in [-0.15, -0.1) is 0 Å². The molecule has 2 aromatic rings. The van der Waals surface area contributed by atoms with Crippen LogP contribution in [0.15, 0.2) is 16.5 Å². The highest BCUT2D eigenvalue weighted by Gasteiger charge is 2.31. The number of benzene rings is 1. The van der Waals surface area contributed by atoms with Crippen LogP contribution in [0.25, 0.3) is 11.1 Å². The summed E-state index contributed by atoms with van der Waals surface area (Å²) in [6.45, 7) is 3.76. The number of oxazole rings is 1. The largest absolute Gasteiger partial charge is 0.480 e. The Balaban J connectivity index is 2.63. The van der Waals surface area contributed by atoms with Gasteiger partial charge in [0.05, 0.1) is 0 Å². The summed E-state index contributed by atoms with van der Waals surface area (Å²) in [6, 6.07) is 3.53. The van der Waals surface area contributed by atoms with Gasteiger partial charge in [-0.1, -0.05) is 6.07 Å². The molecule has 0 saturated carbocycles. The van der Waals surface area contributed by atoms with Crippen LogP contribution in [0.5, 0.6) is 0 Å². The third kappa shape index (κ3) is 1.81. The molecule has 18 heavy (non-hydrogen) atoms. The van der Waals surface area contributed by atoms with Crippen molar-refractivity contribution < 1.29 is 19.1 Å². The fraction of sp³-hybridized carbons (Fsp3) is 0.250. The van der Waals surface area contributed by atoms with E-state index < -0.39 is 17.8 Å². The summed E-state index contributed by atoms with van der Waals surface area (Å²) < 4.78 is 5.30. The number of carbonyl (C=O) groups is 2. The number of aromatic nitrogens is 1. The predicted octanol–water partition coefficient (Wildman–Crippen LogP) is 1.10. The number of rotatable bonds is 3. The van der Waals surface area contributed by atoms with Crippen molar-refractivity contribution in [3.05, 3.63) is 29.2 Å². The minimum Gasteiger partial charge on any atom is -0.480 e. The van der Waals surface area contributed by atoms with E-state index in [1.807, 2.05) is 19.9 Å². The molecular formula is C12H12N2O4. The highest BCUT2D eigenvalue weighted by atomic mass is 16.4. The molecule has 0 aliphatic carbocycles. The molecule has 0 bridgehead atoms. The van der Waals surface area contributed by atoms with E-state index >= 15 is 0 Å². The number of carboxylic acid groups (broad SMARTS) is 1. The normalized spacial score (nSPS) is 12.6. The second-order valence-corrected chi connectivity index (χ2v) is 4.08. The molecule has 1 atom stereocenters. The van der Waals surface area contributed by atoms with Crippen LogP contribution in [0.1, 0.15) is 22.9 Å². The van der Waals surface area contributed by atoms with Gasteiger partial charge in [-0.25, -0.2) is 4.98 Å². The van der Waals surface area contributed by atoms with E-state index in [1.54, 1.807) is 6.07 Å². The Bertz CT molecular complexity index is 631. The quantitative estimate of drug-likeness (QED) is 0.791. The molecule has 1 heterocycles. The molecule has 0 aliphatic heterocycles. The fourth-order valence-corrected chi connectivity index (χ4v) is 1.72. The van der Waals surface area contributed by atoms with Crippen LogP contribution in [-0.2, 0) is 9.59 Å². The number of nitrogens with two attached hydrogens (primary N) is 1. The molecule has 1 aromatic heterocycles. The highest BCUT2D eigenvalue weighted by molar-refractivity contribution is 6.01. The molecule has 3 N–H and O–H groups in total. The Labute approximate surface area is 102 Å². The minimum absolute atomic E-state index is 0.182. The molecular weight excluding hydrogens is 236 g/mol. The number of hydrogen-bond donors (Lipinski definition) is 2. The first kappa shape index (κ1) is 12.1. The van der Waals surface area contributed by atoms with Crippen LogP contribution >= 0.6 is 0 Å². The Morgan fingerprint density at radius 1 is 1.39 bits per heavy atom. The Morgan fingerprint density at radius 2 is 2.06 bits per heavy atom. The van der Waals surface area contributed by atoms with E-state index in [1.165, 1.54) is 0 Å². The number of aliphatic carboxylic acids is 1. The molecule has 1 amide bonds. The van der Waals surface area contributed by atoms with Gasteiger partial charge in [-0.05, 0) is 31.0 Å². The maximum absolute atomic E-state index is 11.1. The zero-order chi connectivity index (χ0) is 13.4. The van der Waals surface area contributed by atoms with E-state index in [0.717, 1.165) is 11.1 Å². The van der Waals surface area contributed by atoms with E-state index in [-0.39, 0.29) is 5.89 Å². The van der Waals surface area contributed by atoms with E-state index in [9.17, 15) is 9.59 Å². The van der Waals surface area contributed by atoms with Gasteiger partial charge in [-0.2, -0.15) is 0 Å². The number of aryl methyl sites for hydroxylation is 2. The summed E-state index contributed by atoms with van der Waals surface area (Å²) in [7, 11) is 0. The van der Waals surface area contributed by atoms with Gasteiger partial charge in [0.25, 0.3) is 0 Å². The van der Waals surface area contributed by atoms with Gasteiger partial charge in [-0.3, -0.25) is 9.59 Å². The number of fused-ring (bicyclic) bond motifs is 1. The average Bonchev–Trinajstić information content (AvgIpc) is 2.67. The first-order valence-corrected chi connectivity index (χ1v) is 5.30. The van der Waals surface area contributed by atoms with E-state index in [0.29, 0.717) is 11.1 Å². The lowest BCUT2D eigenvalue weighted by Gasteiger charge is -2.01. The number of nitrogens with zero attached hydrogens (tertiary/aromatic N) is 1. The smallest absolute Gasteiger partial charge is 0.325 e. The first-order valence-electron chi connectivity index (χ1n) is 5.30. The molecule has 1 aromatic carbocycles. The first-order chi connectivity index (χ1) is 8.41. The van der Waals surface area contributed by atoms with Crippen molar-refractivity contribution in [3.63, 3.8) is 0 Å². The maximum Gasteiger partial charge on any atom is 0.325 e. The topological polar surface area (TPSA) is 106 Å². The van der Waals surface area contributed by atoms with Gasteiger partial charge < -0.3 is 15.3 Å². The second-order valence-electron chi connectivity index (χ2n) is 4.08. The minimum atomic E-state index is -1.56. The second kappa shape index (κ2) is 4.14. The standard InChI is InChI=1S/C12H12N2O4/c1-5-3-4-7-9(6(5)2)14-11(18-7)8(10(13)15)12(16)17/h3-4,8H,1-2H3,(H2,13,15)(H,16,17). The lowest BCUT2D eigenvalue weighted by Crippen LogP contribution is -2.28. The van der Waals surface area contributed by atoms with Crippen molar-refractivity contribution in [3.8, 4) is 0 Å². The van der Waals surface area contributed by atoms with Crippen molar-refractivity contribution in [2.75, 3.05) is 0 Å². The molecule has 94 valence electrons. The van der Waals surface area contributed by atoms with Crippen LogP contribution in [0.2, 0.25) is 0 Å². The van der Waals surface area contributed by atoms with Gasteiger partial charge in [0.15, 0.2) is 5.58 Å². The molecule has 6 nitrogen and oxygen atoms in total. The van der Waals surface area contributed by atoms with Gasteiger partial charge in [0.2, 0.25) is 17.7 Å². The van der Waals surface area contributed by atoms with Crippen molar-refractivity contribution in [2.45, 2.75) is 19.8 Å². The molecule has 1 unspecified atom stereocenters. The monoisotopic (exact) mass is 248 g/mol. The number of amides is 1. The van der Waals surface area contributed by atoms with E-state index in [2.05, 4.69) is 4.98 Å². The summed E-state index contributed by atoms with van der Waals surface area (Å²) in [5, 5.41) is 8.95. The summed E-state index contributed by atoms with van der Waals surface area (Å²) >= 11 is 0. The Hall–Kier alpha value is -2.37. The van der Waals surface area contributed by atoms with Crippen molar-refractivity contribution in [1.82, 2.24) is 4.98 Å². The number of primary amides is 1. The lowest BCUT2D eigenvalue weighted by atomic mass is 10.1. The highest BCUT2D eigenvalue weighted by Crippen LogP contribution is 2.25. The molecule has 0 spiro atoms. The van der Waals surface area contributed by atoms with Crippen LogP contribution < -0.4 is 5.73 Å². The zero-order valence-corrected chi connectivity index (χ0v) is 9.93. The van der Waals surface area contributed by atoms with Gasteiger partial charge in [0.1, 0.15) is 5.52 Å². The fourth-order valence-electron chi connectivity index (χ4n) is 1.72. The van der Waals surface area contributed by atoms with Crippen LogP contribution in [-0.4, -0.2) is 22.0 Å². The summed E-state index contributed by atoms with van der Waals surface area (Å²) in [5.41, 5.74) is 7.93. The lowest BCUT2D eigenvalue weighted by molar-refractivity contribution is -0.142. The summed E-state index contributed by atoms with van der Waals surface area (Å²) in [5.74, 6) is -4.11. The maximum atomic E-state index is 11.1. The van der Waals surface area contributed by atoms with Crippen LogP contribution in [0.3, 0.4) is 0 Å². The predicted molar refractivity (Wildman–Crippen MR) is 63.1 cm³/mol. The molecule has 0 radical (unpaired) electrons. The van der Waals surface area contributed by atoms with Crippen molar-refractivity contribution in [1.29, 1.82) is 0 Å². The Kier molecular flexibility index (Phi) is 2.78. The summed E-state index contributed by atoms with van der Waals surface area (Å²) in [4.78, 5) is 26.1. The third-order valence-corrected chi connectivity index (χ3v) is 2.88. The molecule has 6 heteroatoms. The molecule has 0 aliphatic rings. The zero-order valence-electron chi connectivity index (χ0n) is 9.93. The molecule has 0 fully saturated rings. The van der Waals surface area contributed by atoms with Crippen molar-refractivity contribution in [2.24, 2.45) is 5.73 Å². The van der Waals surface area contributed by atoms with Crippen LogP contribution in [0, 0.1) is 13.8 Å². The molecule has 0 saturated heterocycles. The molecule has 2 rings (SSSR count). The van der Waals surface area contributed by atoms with E-state index in [4.69, 9.17) is 15.3 Å². The van der Waals surface area contributed by atoms with Gasteiger partial charge >= 0.3 is 5.97 Å². The number of hydrogen-bond acceptors (Lipinski definition) is 4. The Morgan fingerprint density at radius 3 is 2.61 bits per heavy atom. The average molecular weight is 248 g/mol. The van der Waals surface area contributed by atoms with Gasteiger partial charge in [0, 0.05) is 0 Å². The third-order valence-electron chi connectivity index (χ3n) is 2.88. The van der Waals surface area contributed by atoms with Crippen molar-refractivity contribution >= 4 is 23.0 Å². The van der Waals surface area contributed by atoms with Crippen LogP contribution in [0.4, 0.5) is 0 Å². The number of carbonyl (C=O) groups excluding carboxylic acids is 1.